The molecule has 1 aromatic heterocycles. The lowest BCUT2D eigenvalue weighted by Gasteiger charge is -2.38. The number of anilines is 1. The average Bonchev–Trinajstić information content (AvgIpc) is 2.80. The van der Waals surface area contributed by atoms with Crippen molar-refractivity contribution < 1.29 is 18.0 Å². The summed E-state index contributed by atoms with van der Waals surface area (Å²) in [5.74, 6) is 0.585. The number of carbonyl (C=O) groups is 1. The van der Waals surface area contributed by atoms with Crippen LogP contribution in [0.15, 0.2) is 47.3 Å². The summed E-state index contributed by atoms with van der Waals surface area (Å²) in [5.41, 5.74) is -0.373. The van der Waals surface area contributed by atoms with Crippen molar-refractivity contribution in [3.63, 3.8) is 0 Å². The molecule has 1 atom stereocenters. The van der Waals surface area contributed by atoms with Gasteiger partial charge in [0.1, 0.15) is 5.82 Å². The zero-order valence-electron chi connectivity index (χ0n) is 18.6. The predicted octanol–water partition coefficient (Wildman–Crippen LogP) is 4.52. The molecule has 3 aromatic rings. The van der Waals surface area contributed by atoms with E-state index >= 15 is 0 Å². The molecule has 7 nitrogen and oxygen atoms in total. The summed E-state index contributed by atoms with van der Waals surface area (Å²) in [7, 11) is 1.67. The number of halogens is 4. The monoisotopic (exact) mass is 493 g/mol. The predicted molar refractivity (Wildman–Crippen MR) is 124 cm³/mol. The molecule has 1 N–H and O–H groups in total. The van der Waals surface area contributed by atoms with E-state index in [-0.39, 0.29) is 17.3 Å². The minimum atomic E-state index is -4.48. The van der Waals surface area contributed by atoms with Gasteiger partial charge in [-0.15, -0.1) is 0 Å². The molecular weight excluding hydrogens is 471 g/mol. The van der Waals surface area contributed by atoms with Crippen molar-refractivity contribution >= 4 is 34.2 Å². The molecule has 1 aliphatic rings. The van der Waals surface area contributed by atoms with Gasteiger partial charge >= 0.3 is 12.2 Å². The fourth-order valence-corrected chi connectivity index (χ4v) is 4.25. The van der Waals surface area contributed by atoms with Crippen molar-refractivity contribution in [2.24, 2.45) is 7.05 Å². The Labute approximate surface area is 198 Å². The van der Waals surface area contributed by atoms with Crippen LogP contribution in [0.5, 0.6) is 0 Å². The van der Waals surface area contributed by atoms with E-state index in [4.69, 9.17) is 11.6 Å². The van der Waals surface area contributed by atoms with Gasteiger partial charge in [0.05, 0.1) is 22.5 Å². The number of amides is 2. The summed E-state index contributed by atoms with van der Waals surface area (Å²) in [4.78, 5) is 33.7. The van der Waals surface area contributed by atoms with Gasteiger partial charge in [0, 0.05) is 43.9 Å². The zero-order valence-corrected chi connectivity index (χ0v) is 19.3. The van der Waals surface area contributed by atoms with Gasteiger partial charge in [-0.25, -0.2) is 9.78 Å². The first-order chi connectivity index (χ1) is 16.0. The molecule has 4 rings (SSSR count). The van der Waals surface area contributed by atoms with Gasteiger partial charge in [-0.05, 0) is 43.3 Å². The molecular formula is C23H23ClF3N5O2. The summed E-state index contributed by atoms with van der Waals surface area (Å²) >= 11 is 6.07. The van der Waals surface area contributed by atoms with Gasteiger partial charge in [0.15, 0.2) is 0 Å². The Morgan fingerprint density at radius 3 is 2.50 bits per heavy atom. The highest BCUT2D eigenvalue weighted by molar-refractivity contribution is 6.31. The molecule has 0 saturated carbocycles. The smallest absolute Gasteiger partial charge is 0.322 e. The van der Waals surface area contributed by atoms with Crippen LogP contribution < -0.4 is 10.9 Å². The second-order valence-corrected chi connectivity index (χ2v) is 8.64. The van der Waals surface area contributed by atoms with Gasteiger partial charge in [0.25, 0.3) is 5.56 Å². The third kappa shape index (κ3) is 4.88. The topological polar surface area (TPSA) is 70.5 Å². The molecule has 2 amide bonds. The Morgan fingerprint density at radius 1 is 1.12 bits per heavy atom. The van der Waals surface area contributed by atoms with Gasteiger partial charge in [-0.2, -0.15) is 13.2 Å². The summed E-state index contributed by atoms with van der Waals surface area (Å²) in [6, 6.07) is 8.85. The molecule has 1 aliphatic heterocycles. The highest BCUT2D eigenvalue weighted by Crippen LogP contribution is 2.31. The number of carbonyl (C=O) groups excluding carboxylic acids is 1. The summed E-state index contributed by atoms with van der Waals surface area (Å²) < 4.78 is 40.3. The fraction of sp³-hybridized carbons (Fsp3) is 0.348. The molecule has 2 aromatic carbocycles. The molecule has 1 unspecified atom stereocenters. The van der Waals surface area contributed by atoms with Gasteiger partial charge in [-0.1, -0.05) is 17.7 Å². The van der Waals surface area contributed by atoms with Crippen LogP contribution in [0.3, 0.4) is 0 Å². The number of benzene rings is 2. The van der Waals surface area contributed by atoms with E-state index in [2.05, 4.69) is 15.2 Å². The van der Waals surface area contributed by atoms with Crippen LogP contribution in [-0.2, 0) is 13.2 Å². The third-order valence-corrected chi connectivity index (χ3v) is 6.27. The largest absolute Gasteiger partial charge is 0.416 e. The van der Waals surface area contributed by atoms with Gasteiger partial charge in [-0.3, -0.25) is 14.3 Å². The van der Waals surface area contributed by atoms with E-state index in [1.165, 1.54) is 16.7 Å². The van der Waals surface area contributed by atoms with E-state index in [0.29, 0.717) is 47.9 Å². The average molecular weight is 494 g/mol. The van der Waals surface area contributed by atoms with Crippen LogP contribution >= 0.6 is 11.6 Å². The number of aromatic nitrogens is 2. The number of fused-ring (bicyclic) bond motifs is 1. The van der Waals surface area contributed by atoms with Gasteiger partial charge in [0.2, 0.25) is 0 Å². The van der Waals surface area contributed by atoms with Crippen LogP contribution in [0.4, 0.5) is 23.7 Å². The Morgan fingerprint density at radius 2 is 1.82 bits per heavy atom. The van der Waals surface area contributed by atoms with Crippen LogP contribution in [0.2, 0.25) is 5.02 Å². The third-order valence-electron chi connectivity index (χ3n) is 6.04. The first kappa shape index (κ1) is 24.0. The molecule has 180 valence electrons. The molecule has 11 heteroatoms. The summed E-state index contributed by atoms with van der Waals surface area (Å²) in [6.07, 6.45) is -4.48. The maximum atomic E-state index is 12.9. The highest BCUT2D eigenvalue weighted by atomic mass is 35.5. The lowest BCUT2D eigenvalue weighted by atomic mass is 10.2. The SMILES string of the molecule is CC(c1nc2cc(Cl)ccc2c(=O)n1C)N1CCN(C(=O)Nc2cccc(C(F)(F)F)c2)CC1. The molecule has 34 heavy (non-hydrogen) atoms. The molecule has 1 saturated heterocycles. The minimum absolute atomic E-state index is 0.0876. The number of nitrogens with zero attached hydrogens (tertiary/aromatic N) is 4. The van der Waals surface area contributed by atoms with E-state index in [9.17, 15) is 22.8 Å². The standard InChI is InChI=1S/C23H23ClF3N5O2/c1-14(20-29-19-13-16(24)6-7-18(19)21(33)30(20)2)31-8-10-32(11-9-31)22(34)28-17-5-3-4-15(12-17)23(25,26)27/h3-7,12-14H,8-11H2,1-2H3,(H,28,34). The van der Waals surface area contributed by atoms with Crippen molar-refractivity contribution in [1.29, 1.82) is 0 Å². The van der Waals surface area contributed by atoms with Gasteiger partial charge < -0.3 is 10.2 Å². The summed E-state index contributed by atoms with van der Waals surface area (Å²) in [5, 5.41) is 3.52. The number of piperazine rings is 1. The lowest BCUT2D eigenvalue weighted by molar-refractivity contribution is -0.137. The van der Waals surface area contributed by atoms with E-state index in [0.717, 1.165) is 12.1 Å². The van der Waals surface area contributed by atoms with Crippen LogP contribution in [-0.4, -0.2) is 51.6 Å². The number of alkyl halides is 3. The first-order valence-electron chi connectivity index (χ1n) is 10.7. The summed E-state index contributed by atoms with van der Waals surface area (Å²) in [6.45, 7) is 3.72. The van der Waals surface area contributed by atoms with Crippen molar-refractivity contribution in [3.8, 4) is 0 Å². The molecule has 0 spiro atoms. The van der Waals surface area contributed by atoms with E-state index in [1.807, 2.05) is 6.92 Å². The zero-order chi connectivity index (χ0) is 24.6. The Hall–Kier alpha value is -3.11. The molecule has 2 heterocycles. The Balaban J connectivity index is 1.43. The maximum absolute atomic E-state index is 12.9. The maximum Gasteiger partial charge on any atom is 0.416 e. The van der Waals surface area contributed by atoms with E-state index in [1.54, 1.807) is 30.1 Å². The number of hydrogen-bond acceptors (Lipinski definition) is 4. The fourth-order valence-electron chi connectivity index (χ4n) is 4.09. The Bertz CT molecular complexity index is 1290. The number of rotatable bonds is 3. The number of urea groups is 1. The highest BCUT2D eigenvalue weighted by Gasteiger charge is 2.31. The van der Waals surface area contributed by atoms with Crippen LogP contribution in [0.25, 0.3) is 10.9 Å². The normalized spacial score (nSPS) is 16.0. The van der Waals surface area contributed by atoms with Crippen LogP contribution in [0, 0.1) is 0 Å². The second kappa shape index (κ2) is 9.27. The molecule has 0 bridgehead atoms. The van der Waals surface area contributed by atoms with Crippen molar-refractivity contribution in [3.05, 3.63) is 69.2 Å². The van der Waals surface area contributed by atoms with E-state index < -0.39 is 17.8 Å². The second-order valence-electron chi connectivity index (χ2n) is 8.20. The molecule has 0 aliphatic carbocycles. The lowest BCUT2D eigenvalue weighted by Crippen LogP contribution is -2.51. The van der Waals surface area contributed by atoms with Crippen LogP contribution in [0.1, 0.15) is 24.4 Å². The van der Waals surface area contributed by atoms with Crippen molar-refractivity contribution in [2.45, 2.75) is 19.1 Å². The molecule has 1 fully saturated rings. The first-order valence-corrected chi connectivity index (χ1v) is 11.1. The number of hydrogen-bond donors (Lipinski definition) is 1. The minimum Gasteiger partial charge on any atom is -0.322 e. The van der Waals surface area contributed by atoms with Crippen molar-refractivity contribution in [1.82, 2.24) is 19.4 Å². The van der Waals surface area contributed by atoms with Crippen molar-refractivity contribution in [2.75, 3.05) is 31.5 Å². The Kier molecular flexibility index (Phi) is 6.55. The molecule has 0 radical (unpaired) electrons. The number of nitrogens with one attached hydrogen (secondary N) is 1. The quantitative estimate of drug-likeness (QED) is 0.582.